The summed E-state index contributed by atoms with van der Waals surface area (Å²) in [5.74, 6) is -0.393. The second-order valence-electron chi connectivity index (χ2n) is 6.28. The molecule has 0 bridgehead atoms. The zero-order valence-corrected chi connectivity index (χ0v) is 17.7. The van der Waals surface area contributed by atoms with Gasteiger partial charge in [0.05, 0.1) is 5.69 Å². The molecule has 5 nitrogen and oxygen atoms in total. The molecular weight excluding hydrogens is 417 g/mol. The Morgan fingerprint density at radius 1 is 1.29 bits per heavy atom. The highest BCUT2D eigenvalue weighted by Gasteiger charge is 2.35. The number of anilines is 1. The minimum absolute atomic E-state index is 0.110. The predicted octanol–water partition coefficient (Wildman–Crippen LogP) is 5.28. The van der Waals surface area contributed by atoms with Crippen LogP contribution in [0.25, 0.3) is 0 Å². The number of thioether (sulfide) groups is 1. The molecule has 1 aliphatic heterocycles. The molecule has 1 saturated heterocycles. The van der Waals surface area contributed by atoms with Crippen molar-refractivity contribution in [1.29, 1.82) is 0 Å². The molecule has 3 rings (SSSR count). The molecule has 146 valence electrons. The van der Waals surface area contributed by atoms with Crippen LogP contribution in [0.15, 0.2) is 47.5 Å². The Hall–Kier alpha value is -2.02. The summed E-state index contributed by atoms with van der Waals surface area (Å²) in [5, 5.41) is 3.86. The van der Waals surface area contributed by atoms with Gasteiger partial charge in [0.15, 0.2) is 5.17 Å². The number of carbonyl (C=O) groups is 2. The lowest BCUT2D eigenvalue weighted by atomic mass is 10.2. The van der Waals surface area contributed by atoms with E-state index in [0.717, 1.165) is 5.56 Å². The molecule has 28 heavy (non-hydrogen) atoms. The van der Waals surface area contributed by atoms with Crippen LogP contribution in [0, 0.1) is 6.92 Å². The predicted molar refractivity (Wildman–Crippen MR) is 117 cm³/mol. The molecule has 1 fully saturated rings. The van der Waals surface area contributed by atoms with Gasteiger partial charge in [-0.05, 0) is 49.7 Å². The van der Waals surface area contributed by atoms with Crippen LogP contribution in [0.5, 0.6) is 0 Å². The molecule has 0 spiro atoms. The van der Waals surface area contributed by atoms with Crippen LogP contribution in [0.1, 0.15) is 18.9 Å². The molecule has 0 aliphatic carbocycles. The van der Waals surface area contributed by atoms with Gasteiger partial charge in [0.2, 0.25) is 11.8 Å². The van der Waals surface area contributed by atoms with Gasteiger partial charge < -0.3 is 5.32 Å². The Labute approximate surface area is 178 Å². The molecule has 1 unspecified atom stereocenters. The number of benzene rings is 2. The monoisotopic (exact) mass is 435 g/mol. The number of aliphatic imine (C=N–C) groups is 1. The number of carbonyl (C=O) groups excluding carboxylic acids is 2. The van der Waals surface area contributed by atoms with Crippen LogP contribution in [0.4, 0.5) is 11.4 Å². The van der Waals surface area contributed by atoms with Crippen LogP contribution < -0.4 is 5.32 Å². The Morgan fingerprint density at radius 2 is 2.07 bits per heavy atom. The SMILES string of the molecule is CCN1C(=O)CC(C(=O)Nc2cccc(Cl)c2)SC1=Nc1ccc(C)c(Cl)c1. The maximum absolute atomic E-state index is 12.7. The van der Waals surface area contributed by atoms with E-state index in [0.29, 0.717) is 33.1 Å². The number of hydrogen-bond donors (Lipinski definition) is 1. The van der Waals surface area contributed by atoms with Crippen molar-refractivity contribution in [2.24, 2.45) is 4.99 Å². The number of aryl methyl sites for hydroxylation is 1. The zero-order valence-electron chi connectivity index (χ0n) is 15.4. The van der Waals surface area contributed by atoms with E-state index in [4.69, 9.17) is 23.2 Å². The van der Waals surface area contributed by atoms with Crippen LogP contribution >= 0.6 is 35.0 Å². The topological polar surface area (TPSA) is 61.8 Å². The summed E-state index contributed by atoms with van der Waals surface area (Å²) in [6, 6.07) is 12.4. The second-order valence-corrected chi connectivity index (χ2v) is 8.29. The van der Waals surface area contributed by atoms with Crippen molar-refractivity contribution in [1.82, 2.24) is 4.90 Å². The standard InChI is InChI=1S/C20H19Cl2N3O2S/c1-3-25-18(26)11-17(19(27)23-14-6-4-5-13(21)9-14)28-20(25)24-15-8-7-12(2)16(22)10-15/h4-10,17H,3,11H2,1-2H3,(H,23,27). The summed E-state index contributed by atoms with van der Waals surface area (Å²) in [6.45, 7) is 4.27. The maximum Gasteiger partial charge on any atom is 0.238 e. The van der Waals surface area contributed by atoms with Gasteiger partial charge >= 0.3 is 0 Å². The lowest BCUT2D eigenvalue weighted by Crippen LogP contribution is -2.45. The number of amides is 2. The molecule has 2 aromatic carbocycles. The van der Waals surface area contributed by atoms with Gasteiger partial charge in [-0.3, -0.25) is 14.5 Å². The maximum atomic E-state index is 12.7. The summed E-state index contributed by atoms with van der Waals surface area (Å²) in [7, 11) is 0. The van der Waals surface area contributed by atoms with Gasteiger partial charge in [-0.25, -0.2) is 4.99 Å². The Kier molecular flexibility index (Phi) is 6.65. The lowest BCUT2D eigenvalue weighted by Gasteiger charge is -2.31. The largest absolute Gasteiger partial charge is 0.325 e. The van der Waals surface area contributed by atoms with Crippen molar-refractivity contribution < 1.29 is 9.59 Å². The van der Waals surface area contributed by atoms with Crippen molar-refractivity contribution in [3.63, 3.8) is 0 Å². The average molecular weight is 436 g/mol. The third-order valence-corrected chi connectivity index (χ3v) is 6.05. The minimum atomic E-state index is -0.575. The third-order valence-electron chi connectivity index (χ3n) is 4.22. The van der Waals surface area contributed by atoms with E-state index in [1.165, 1.54) is 11.8 Å². The van der Waals surface area contributed by atoms with Crippen LogP contribution in [-0.4, -0.2) is 33.7 Å². The second kappa shape index (κ2) is 8.99. The smallest absolute Gasteiger partial charge is 0.238 e. The Bertz CT molecular complexity index is 949. The van der Waals surface area contributed by atoms with Crippen molar-refractivity contribution in [3.05, 3.63) is 58.1 Å². The van der Waals surface area contributed by atoms with Gasteiger partial charge in [-0.15, -0.1) is 0 Å². The van der Waals surface area contributed by atoms with E-state index in [9.17, 15) is 9.59 Å². The molecule has 2 aromatic rings. The molecule has 0 saturated carbocycles. The van der Waals surface area contributed by atoms with Crippen LogP contribution in [0.3, 0.4) is 0 Å². The normalized spacial score (nSPS) is 18.4. The zero-order chi connectivity index (χ0) is 20.3. The number of amidine groups is 1. The average Bonchev–Trinajstić information content (AvgIpc) is 2.64. The number of nitrogens with one attached hydrogen (secondary N) is 1. The Morgan fingerprint density at radius 3 is 2.75 bits per heavy atom. The fraction of sp³-hybridized carbons (Fsp3) is 0.250. The van der Waals surface area contributed by atoms with E-state index in [2.05, 4.69) is 10.3 Å². The number of hydrogen-bond acceptors (Lipinski definition) is 4. The first-order valence-corrected chi connectivity index (χ1v) is 10.4. The van der Waals surface area contributed by atoms with Gasteiger partial charge in [0.1, 0.15) is 5.25 Å². The molecular formula is C20H19Cl2N3O2S. The third kappa shape index (κ3) is 4.87. The first kappa shape index (κ1) is 20.7. The quantitative estimate of drug-likeness (QED) is 0.709. The van der Waals surface area contributed by atoms with E-state index >= 15 is 0 Å². The van der Waals surface area contributed by atoms with Crippen molar-refractivity contribution >= 4 is 63.3 Å². The Balaban J connectivity index is 1.83. The van der Waals surface area contributed by atoms with Gasteiger partial charge in [-0.2, -0.15) is 0 Å². The summed E-state index contributed by atoms with van der Waals surface area (Å²) >= 11 is 13.4. The first-order chi connectivity index (χ1) is 13.4. The molecule has 1 N–H and O–H groups in total. The summed E-state index contributed by atoms with van der Waals surface area (Å²) in [5.41, 5.74) is 2.18. The van der Waals surface area contributed by atoms with Crippen molar-refractivity contribution in [2.75, 3.05) is 11.9 Å². The van der Waals surface area contributed by atoms with E-state index in [1.54, 1.807) is 35.2 Å². The van der Waals surface area contributed by atoms with E-state index in [-0.39, 0.29) is 18.2 Å². The molecule has 2 amide bonds. The number of halogens is 2. The molecule has 0 aromatic heterocycles. The molecule has 1 atom stereocenters. The summed E-state index contributed by atoms with van der Waals surface area (Å²) in [6.07, 6.45) is 0.110. The molecule has 8 heteroatoms. The van der Waals surface area contributed by atoms with Gasteiger partial charge in [0.25, 0.3) is 0 Å². The van der Waals surface area contributed by atoms with Crippen molar-refractivity contribution in [3.8, 4) is 0 Å². The van der Waals surface area contributed by atoms with Crippen molar-refractivity contribution in [2.45, 2.75) is 25.5 Å². The number of rotatable bonds is 4. The summed E-state index contributed by atoms with van der Waals surface area (Å²) < 4.78 is 0. The highest BCUT2D eigenvalue weighted by molar-refractivity contribution is 8.15. The van der Waals surface area contributed by atoms with Crippen LogP contribution in [0.2, 0.25) is 10.0 Å². The summed E-state index contributed by atoms with van der Waals surface area (Å²) in [4.78, 5) is 31.4. The lowest BCUT2D eigenvalue weighted by molar-refractivity contribution is -0.129. The highest BCUT2D eigenvalue weighted by Crippen LogP contribution is 2.31. The first-order valence-electron chi connectivity index (χ1n) is 8.75. The highest BCUT2D eigenvalue weighted by atomic mass is 35.5. The van der Waals surface area contributed by atoms with E-state index in [1.807, 2.05) is 26.0 Å². The van der Waals surface area contributed by atoms with Gasteiger partial charge in [0, 0.05) is 28.7 Å². The number of nitrogens with zero attached hydrogens (tertiary/aromatic N) is 2. The fourth-order valence-corrected chi connectivity index (χ4v) is 4.23. The van der Waals surface area contributed by atoms with Crippen LogP contribution in [-0.2, 0) is 9.59 Å². The molecule has 0 radical (unpaired) electrons. The molecule has 1 heterocycles. The van der Waals surface area contributed by atoms with E-state index < -0.39 is 5.25 Å². The fourth-order valence-electron chi connectivity index (χ4n) is 2.70. The van der Waals surface area contributed by atoms with Gasteiger partial charge in [-0.1, -0.05) is 47.1 Å². The molecule has 1 aliphatic rings. The minimum Gasteiger partial charge on any atom is -0.325 e.